The molecule has 0 saturated carbocycles. The number of carbonyl (C=O) groups is 1. The van der Waals surface area contributed by atoms with E-state index in [-0.39, 0.29) is 18.4 Å². The first-order valence-electron chi connectivity index (χ1n) is 9.30. The zero-order valence-electron chi connectivity index (χ0n) is 16.1. The molecule has 0 spiro atoms. The van der Waals surface area contributed by atoms with Crippen LogP contribution in [0.15, 0.2) is 43.0 Å². The van der Waals surface area contributed by atoms with Crippen LogP contribution < -0.4 is 5.32 Å². The van der Waals surface area contributed by atoms with Gasteiger partial charge in [0.15, 0.2) is 6.29 Å². The molecule has 2 rings (SSSR count). The van der Waals surface area contributed by atoms with E-state index in [1.54, 1.807) is 6.08 Å². The molecule has 144 valence electrons. The van der Waals surface area contributed by atoms with Gasteiger partial charge in [-0.15, -0.1) is 6.58 Å². The molecule has 1 N–H and O–H groups in total. The molecule has 1 heterocycles. The van der Waals surface area contributed by atoms with E-state index in [4.69, 9.17) is 14.2 Å². The zero-order chi connectivity index (χ0) is 19.0. The number of nitrogens with one attached hydrogen (secondary N) is 1. The Bertz CT molecular complexity index is 561. The second-order valence-corrected chi connectivity index (χ2v) is 7.57. The van der Waals surface area contributed by atoms with E-state index in [0.29, 0.717) is 13.0 Å². The van der Waals surface area contributed by atoms with Gasteiger partial charge in [-0.2, -0.15) is 0 Å². The Balaban J connectivity index is 2.08. The van der Waals surface area contributed by atoms with Crippen LogP contribution in [0, 0.1) is 0 Å². The highest BCUT2D eigenvalue weighted by Crippen LogP contribution is 2.19. The van der Waals surface area contributed by atoms with Gasteiger partial charge < -0.3 is 19.5 Å². The summed E-state index contributed by atoms with van der Waals surface area (Å²) in [6, 6.07) is 9.69. The maximum atomic E-state index is 12.3. The van der Waals surface area contributed by atoms with Gasteiger partial charge in [0.25, 0.3) is 0 Å². The standard InChI is InChI=1S/C21H31NO4/c1-5-18(25-19-13-9-10-14-24-19)17(15-16-11-7-6-8-12-16)22-20(23)26-21(2,3)4/h5-8,11-12,17-19H,1,9-10,13-15H2,2-4H3,(H,22,23)/t17-,18+,19?/m0/s1. The van der Waals surface area contributed by atoms with Crippen molar-refractivity contribution in [2.45, 2.75) is 70.5 Å². The first kappa shape index (κ1) is 20.5. The summed E-state index contributed by atoms with van der Waals surface area (Å²) in [7, 11) is 0. The van der Waals surface area contributed by atoms with E-state index in [0.717, 1.165) is 24.8 Å². The number of benzene rings is 1. The van der Waals surface area contributed by atoms with E-state index in [9.17, 15) is 4.79 Å². The molecule has 3 atom stereocenters. The molecule has 1 aliphatic rings. The Morgan fingerprint density at radius 3 is 2.65 bits per heavy atom. The van der Waals surface area contributed by atoms with Crippen LogP contribution in [0.2, 0.25) is 0 Å². The van der Waals surface area contributed by atoms with Crippen LogP contribution in [0.1, 0.15) is 45.6 Å². The second kappa shape index (κ2) is 9.74. The summed E-state index contributed by atoms with van der Waals surface area (Å²) in [5, 5.41) is 2.95. The molecular formula is C21H31NO4. The quantitative estimate of drug-likeness (QED) is 0.739. The van der Waals surface area contributed by atoms with Crippen LogP contribution in [0.3, 0.4) is 0 Å². The fourth-order valence-corrected chi connectivity index (χ4v) is 2.88. The molecule has 0 radical (unpaired) electrons. The largest absolute Gasteiger partial charge is 0.444 e. The van der Waals surface area contributed by atoms with Crippen LogP contribution >= 0.6 is 0 Å². The lowest BCUT2D eigenvalue weighted by Gasteiger charge is -2.32. The zero-order valence-corrected chi connectivity index (χ0v) is 16.1. The Labute approximate surface area is 156 Å². The molecule has 26 heavy (non-hydrogen) atoms. The van der Waals surface area contributed by atoms with Crippen molar-refractivity contribution in [3.8, 4) is 0 Å². The Kier molecular flexibility index (Phi) is 7.66. The van der Waals surface area contributed by atoms with E-state index in [2.05, 4.69) is 11.9 Å². The molecule has 1 aliphatic heterocycles. The Hall–Kier alpha value is -1.85. The molecule has 1 fully saturated rings. The van der Waals surface area contributed by atoms with Gasteiger partial charge >= 0.3 is 6.09 Å². The first-order chi connectivity index (χ1) is 12.4. The third-order valence-corrected chi connectivity index (χ3v) is 4.08. The highest BCUT2D eigenvalue weighted by Gasteiger charge is 2.28. The molecule has 0 aliphatic carbocycles. The first-order valence-corrected chi connectivity index (χ1v) is 9.30. The van der Waals surface area contributed by atoms with E-state index in [1.807, 2.05) is 51.1 Å². The minimum absolute atomic E-state index is 0.259. The van der Waals surface area contributed by atoms with Crippen molar-refractivity contribution in [3.63, 3.8) is 0 Å². The maximum Gasteiger partial charge on any atom is 0.407 e. The number of alkyl carbamates (subject to hydrolysis) is 1. The normalized spacial score (nSPS) is 20.0. The van der Waals surface area contributed by atoms with Crippen molar-refractivity contribution < 1.29 is 19.0 Å². The Morgan fingerprint density at radius 2 is 2.08 bits per heavy atom. The highest BCUT2D eigenvalue weighted by atomic mass is 16.7. The number of ether oxygens (including phenoxy) is 3. The fourth-order valence-electron chi connectivity index (χ4n) is 2.88. The number of hydrogen-bond donors (Lipinski definition) is 1. The fraction of sp³-hybridized carbons (Fsp3) is 0.571. The van der Waals surface area contributed by atoms with Crippen molar-refractivity contribution in [3.05, 3.63) is 48.6 Å². The summed E-state index contributed by atoms with van der Waals surface area (Å²) >= 11 is 0. The summed E-state index contributed by atoms with van der Waals surface area (Å²) < 4.78 is 17.2. The summed E-state index contributed by atoms with van der Waals surface area (Å²) in [6.07, 6.45) is 4.25. The highest BCUT2D eigenvalue weighted by molar-refractivity contribution is 5.68. The van der Waals surface area contributed by atoms with Gasteiger partial charge in [0.2, 0.25) is 0 Å². The molecule has 1 aromatic rings. The van der Waals surface area contributed by atoms with Gasteiger partial charge in [-0.3, -0.25) is 0 Å². The third kappa shape index (κ3) is 7.18. The predicted octanol–water partition coefficient (Wildman–Crippen LogP) is 4.22. The summed E-state index contributed by atoms with van der Waals surface area (Å²) in [6.45, 7) is 10.1. The lowest BCUT2D eigenvalue weighted by molar-refractivity contribution is -0.183. The molecule has 0 aromatic heterocycles. The monoisotopic (exact) mass is 361 g/mol. The molecule has 5 heteroatoms. The van der Waals surface area contributed by atoms with Crippen LogP contribution in [0.4, 0.5) is 4.79 Å². The molecule has 1 unspecified atom stereocenters. The predicted molar refractivity (Wildman–Crippen MR) is 102 cm³/mol. The van der Waals surface area contributed by atoms with Gasteiger partial charge in [-0.1, -0.05) is 36.4 Å². The van der Waals surface area contributed by atoms with E-state index < -0.39 is 11.7 Å². The molecule has 1 saturated heterocycles. The smallest absolute Gasteiger partial charge is 0.407 e. The lowest BCUT2D eigenvalue weighted by Crippen LogP contribution is -2.48. The van der Waals surface area contributed by atoms with Crippen molar-refractivity contribution in [2.75, 3.05) is 6.61 Å². The van der Waals surface area contributed by atoms with Crippen molar-refractivity contribution in [1.82, 2.24) is 5.32 Å². The topological polar surface area (TPSA) is 56.8 Å². The van der Waals surface area contributed by atoms with Crippen LogP contribution in [-0.4, -0.2) is 36.7 Å². The average Bonchev–Trinajstić information content (AvgIpc) is 2.59. The summed E-state index contributed by atoms with van der Waals surface area (Å²) in [5.41, 5.74) is 0.548. The minimum atomic E-state index is -0.557. The van der Waals surface area contributed by atoms with Crippen molar-refractivity contribution in [1.29, 1.82) is 0 Å². The van der Waals surface area contributed by atoms with Crippen LogP contribution in [0.5, 0.6) is 0 Å². The molecule has 1 aromatic carbocycles. The van der Waals surface area contributed by atoms with Gasteiger partial charge in [0.05, 0.1) is 12.1 Å². The van der Waals surface area contributed by atoms with Crippen LogP contribution in [-0.2, 0) is 20.6 Å². The average molecular weight is 361 g/mol. The maximum absolute atomic E-state index is 12.3. The van der Waals surface area contributed by atoms with Gasteiger partial charge in [0.1, 0.15) is 5.60 Å². The number of carbonyl (C=O) groups excluding carboxylic acids is 1. The van der Waals surface area contributed by atoms with Crippen molar-refractivity contribution >= 4 is 6.09 Å². The summed E-state index contributed by atoms with van der Waals surface area (Å²) in [4.78, 5) is 12.3. The van der Waals surface area contributed by atoms with E-state index in [1.165, 1.54) is 0 Å². The molecule has 1 amide bonds. The molecular weight excluding hydrogens is 330 g/mol. The number of rotatable bonds is 7. The molecule has 5 nitrogen and oxygen atoms in total. The minimum Gasteiger partial charge on any atom is -0.444 e. The lowest BCUT2D eigenvalue weighted by atomic mass is 10.0. The third-order valence-electron chi connectivity index (χ3n) is 4.08. The SMILES string of the molecule is C=C[C@@H](OC1CCCCO1)[C@H](Cc1ccccc1)NC(=O)OC(C)(C)C. The number of hydrogen-bond acceptors (Lipinski definition) is 4. The van der Waals surface area contributed by atoms with Gasteiger partial charge in [-0.05, 0) is 52.0 Å². The van der Waals surface area contributed by atoms with Crippen LogP contribution in [0.25, 0.3) is 0 Å². The Morgan fingerprint density at radius 1 is 1.35 bits per heavy atom. The second-order valence-electron chi connectivity index (χ2n) is 7.57. The van der Waals surface area contributed by atoms with Gasteiger partial charge in [0, 0.05) is 6.61 Å². The van der Waals surface area contributed by atoms with Gasteiger partial charge in [-0.25, -0.2) is 4.79 Å². The van der Waals surface area contributed by atoms with E-state index >= 15 is 0 Å². The number of amides is 1. The summed E-state index contributed by atoms with van der Waals surface area (Å²) in [5.74, 6) is 0. The van der Waals surface area contributed by atoms with Crippen molar-refractivity contribution in [2.24, 2.45) is 0 Å². The molecule has 0 bridgehead atoms.